The second-order valence-electron chi connectivity index (χ2n) is 7.32. The molecule has 8 nitrogen and oxygen atoms in total. The van der Waals surface area contributed by atoms with Gasteiger partial charge in [-0.3, -0.25) is 15.0 Å². The fourth-order valence-electron chi connectivity index (χ4n) is 3.67. The maximum Gasteiger partial charge on any atom is 0.295 e. The van der Waals surface area contributed by atoms with Gasteiger partial charge in [-0.2, -0.15) is 4.98 Å². The van der Waals surface area contributed by atoms with Gasteiger partial charge in [0.25, 0.3) is 11.7 Å². The molecule has 1 aliphatic heterocycles. The van der Waals surface area contributed by atoms with E-state index in [0.717, 1.165) is 38.0 Å². The number of fused-ring (bicyclic) bond motifs is 1. The normalized spacial score (nSPS) is 15.4. The van der Waals surface area contributed by atoms with Crippen LogP contribution in [0.2, 0.25) is 0 Å². The van der Waals surface area contributed by atoms with Crippen LogP contribution < -0.4 is 10.1 Å². The van der Waals surface area contributed by atoms with E-state index < -0.39 is 4.92 Å². The predicted molar refractivity (Wildman–Crippen MR) is 110 cm³/mol. The topological polar surface area (TPSA) is 93.7 Å². The van der Waals surface area contributed by atoms with Crippen LogP contribution in [0.4, 0.5) is 16.1 Å². The van der Waals surface area contributed by atoms with Gasteiger partial charge in [0, 0.05) is 37.8 Å². The Labute approximate surface area is 172 Å². The molecule has 0 unspecified atom stereocenters. The zero-order valence-electron chi connectivity index (χ0n) is 16.6. The molecule has 0 radical (unpaired) electrons. The number of anilines is 1. The highest BCUT2D eigenvalue weighted by Crippen LogP contribution is 2.26. The van der Waals surface area contributed by atoms with E-state index in [2.05, 4.69) is 15.2 Å². The van der Waals surface area contributed by atoms with Gasteiger partial charge in [-0.05, 0) is 43.5 Å². The number of nitrogens with zero attached hydrogens (tertiary/aromatic N) is 3. The molecule has 1 aliphatic rings. The molecule has 1 fully saturated rings. The molecular weight excluding hydrogens is 391 g/mol. The standard InChI is InChI=1S/C21H23FN4O4/c1-2-29-20-11-14(3-5-17(20)22)13-25-9-7-15(8-10-25)23-21-24-18-12-16(26(27)28)4-6-19(18)30-21/h3-6,11-12,15H,2,7-10,13H2,1H3,(H,23,24). The van der Waals surface area contributed by atoms with Gasteiger partial charge in [0.2, 0.25) is 0 Å². The van der Waals surface area contributed by atoms with E-state index in [4.69, 9.17) is 9.15 Å². The summed E-state index contributed by atoms with van der Waals surface area (Å²) in [4.78, 5) is 17.1. The third kappa shape index (κ3) is 4.51. The van der Waals surface area contributed by atoms with Crippen LogP contribution in [-0.4, -0.2) is 40.5 Å². The largest absolute Gasteiger partial charge is 0.491 e. The van der Waals surface area contributed by atoms with E-state index >= 15 is 0 Å². The minimum Gasteiger partial charge on any atom is -0.491 e. The highest BCUT2D eigenvalue weighted by atomic mass is 19.1. The Morgan fingerprint density at radius 1 is 1.30 bits per heavy atom. The van der Waals surface area contributed by atoms with Crippen LogP contribution in [0.3, 0.4) is 0 Å². The van der Waals surface area contributed by atoms with Crippen molar-refractivity contribution in [2.75, 3.05) is 25.0 Å². The van der Waals surface area contributed by atoms with Crippen LogP contribution in [-0.2, 0) is 6.54 Å². The third-order valence-corrected chi connectivity index (χ3v) is 5.20. The minimum atomic E-state index is -0.449. The summed E-state index contributed by atoms with van der Waals surface area (Å²) in [5, 5.41) is 14.2. The molecule has 0 aliphatic carbocycles. The Hall–Kier alpha value is -3.20. The number of hydrogen-bond donors (Lipinski definition) is 1. The number of ether oxygens (including phenoxy) is 1. The van der Waals surface area contributed by atoms with Crippen molar-refractivity contribution in [2.45, 2.75) is 32.4 Å². The molecule has 2 aromatic carbocycles. The minimum absolute atomic E-state index is 0.0102. The SMILES string of the molecule is CCOc1cc(CN2CCC(Nc3nc4cc([N+](=O)[O-])ccc4o3)CC2)ccc1F. The summed E-state index contributed by atoms with van der Waals surface area (Å²) >= 11 is 0. The number of nitro groups is 1. The summed E-state index contributed by atoms with van der Waals surface area (Å²) in [5.74, 6) is -0.0464. The number of piperidine rings is 1. The van der Waals surface area contributed by atoms with E-state index in [-0.39, 0.29) is 17.5 Å². The number of oxazole rings is 1. The molecule has 1 saturated heterocycles. The molecule has 4 rings (SSSR count). The number of aromatic nitrogens is 1. The summed E-state index contributed by atoms with van der Waals surface area (Å²) < 4.78 is 24.7. The van der Waals surface area contributed by atoms with Crippen molar-refractivity contribution < 1.29 is 18.5 Å². The van der Waals surface area contributed by atoms with E-state index in [0.29, 0.717) is 29.5 Å². The molecule has 0 amide bonds. The van der Waals surface area contributed by atoms with Gasteiger partial charge < -0.3 is 14.5 Å². The maximum absolute atomic E-state index is 13.7. The van der Waals surface area contributed by atoms with Gasteiger partial charge in [-0.25, -0.2) is 4.39 Å². The van der Waals surface area contributed by atoms with Gasteiger partial charge in [-0.15, -0.1) is 0 Å². The van der Waals surface area contributed by atoms with Crippen LogP contribution in [0.25, 0.3) is 11.1 Å². The molecule has 0 bridgehead atoms. The summed E-state index contributed by atoms with van der Waals surface area (Å²) in [6.45, 7) is 4.76. The van der Waals surface area contributed by atoms with Crippen molar-refractivity contribution >= 4 is 22.8 Å². The molecule has 1 N–H and O–H groups in total. The van der Waals surface area contributed by atoms with Crippen molar-refractivity contribution in [2.24, 2.45) is 0 Å². The molecule has 158 valence electrons. The van der Waals surface area contributed by atoms with Crippen molar-refractivity contribution in [3.05, 3.63) is 57.9 Å². The van der Waals surface area contributed by atoms with E-state index in [9.17, 15) is 14.5 Å². The first-order valence-electron chi connectivity index (χ1n) is 9.97. The lowest BCUT2D eigenvalue weighted by Gasteiger charge is -2.32. The Bertz CT molecular complexity index is 1050. The van der Waals surface area contributed by atoms with Gasteiger partial charge >= 0.3 is 0 Å². The maximum atomic E-state index is 13.7. The Kier molecular flexibility index (Phi) is 5.80. The first-order chi connectivity index (χ1) is 14.5. The van der Waals surface area contributed by atoms with Gasteiger partial charge in [0.05, 0.1) is 11.5 Å². The highest BCUT2D eigenvalue weighted by molar-refractivity contribution is 5.77. The lowest BCUT2D eigenvalue weighted by molar-refractivity contribution is -0.384. The molecule has 2 heterocycles. The Morgan fingerprint density at radius 3 is 2.83 bits per heavy atom. The predicted octanol–water partition coefficient (Wildman–Crippen LogP) is 4.35. The number of likely N-dealkylation sites (tertiary alicyclic amines) is 1. The number of non-ortho nitro benzene ring substituents is 1. The van der Waals surface area contributed by atoms with Crippen molar-refractivity contribution in [1.82, 2.24) is 9.88 Å². The van der Waals surface area contributed by atoms with E-state index in [1.165, 1.54) is 18.2 Å². The van der Waals surface area contributed by atoms with Crippen LogP contribution in [0.5, 0.6) is 5.75 Å². The summed E-state index contributed by atoms with van der Waals surface area (Å²) in [5.41, 5.74) is 1.99. The second kappa shape index (κ2) is 8.66. The molecule has 0 atom stereocenters. The third-order valence-electron chi connectivity index (χ3n) is 5.20. The molecule has 30 heavy (non-hydrogen) atoms. The Balaban J connectivity index is 1.33. The van der Waals surface area contributed by atoms with E-state index in [1.807, 2.05) is 6.92 Å². The van der Waals surface area contributed by atoms with Gasteiger partial charge in [0.15, 0.2) is 17.1 Å². The fourth-order valence-corrected chi connectivity index (χ4v) is 3.67. The lowest BCUT2D eigenvalue weighted by atomic mass is 10.0. The quantitative estimate of drug-likeness (QED) is 0.454. The number of benzene rings is 2. The number of nitrogens with one attached hydrogen (secondary N) is 1. The van der Waals surface area contributed by atoms with Crippen LogP contribution in [0.1, 0.15) is 25.3 Å². The monoisotopic (exact) mass is 414 g/mol. The molecule has 0 saturated carbocycles. The average Bonchev–Trinajstić information content (AvgIpc) is 3.13. The zero-order chi connectivity index (χ0) is 21.1. The van der Waals surface area contributed by atoms with Gasteiger partial charge in [0.1, 0.15) is 5.52 Å². The molecule has 1 aromatic heterocycles. The van der Waals surface area contributed by atoms with Crippen LogP contribution >= 0.6 is 0 Å². The molecule has 0 spiro atoms. The van der Waals surface area contributed by atoms with Crippen molar-refractivity contribution in [3.63, 3.8) is 0 Å². The Morgan fingerprint density at radius 2 is 2.10 bits per heavy atom. The second-order valence-corrected chi connectivity index (χ2v) is 7.32. The average molecular weight is 414 g/mol. The van der Waals surface area contributed by atoms with Gasteiger partial charge in [-0.1, -0.05) is 6.07 Å². The number of nitro benzene ring substituents is 1. The number of rotatable bonds is 7. The number of halogens is 1. The highest BCUT2D eigenvalue weighted by Gasteiger charge is 2.21. The van der Waals surface area contributed by atoms with Crippen LogP contribution in [0.15, 0.2) is 40.8 Å². The van der Waals surface area contributed by atoms with Crippen molar-refractivity contribution in [3.8, 4) is 5.75 Å². The molecule has 9 heteroatoms. The zero-order valence-corrected chi connectivity index (χ0v) is 16.6. The summed E-state index contributed by atoms with van der Waals surface area (Å²) in [6, 6.07) is 9.97. The first kappa shape index (κ1) is 20.1. The van der Waals surface area contributed by atoms with Crippen LogP contribution in [0, 0.1) is 15.9 Å². The smallest absolute Gasteiger partial charge is 0.295 e. The summed E-state index contributed by atoms with van der Waals surface area (Å²) in [7, 11) is 0. The first-order valence-corrected chi connectivity index (χ1v) is 9.97. The number of hydrogen-bond acceptors (Lipinski definition) is 7. The molecular formula is C21H23FN4O4. The van der Waals surface area contributed by atoms with E-state index in [1.54, 1.807) is 18.2 Å². The van der Waals surface area contributed by atoms with Crippen molar-refractivity contribution in [1.29, 1.82) is 0 Å². The summed E-state index contributed by atoms with van der Waals surface area (Å²) in [6.07, 6.45) is 1.80. The molecule has 3 aromatic rings. The lowest BCUT2D eigenvalue weighted by Crippen LogP contribution is -2.38. The fraction of sp³-hybridized carbons (Fsp3) is 0.381.